The molecule has 1 atom stereocenters. The molecule has 2 aromatic carbocycles. The summed E-state index contributed by atoms with van der Waals surface area (Å²) in [6.07, 6.45) is 0. The Morgan fingerprint density at radius 2 is 1.84 bits per heavy atom. The fourth-order valence-electron chi connectivity index (χ4n) is 2.02. The van der Waals surface area contributed by atoms with Gasteiger partial charge in [-0.15, -0.1) is 11.8 Å². The third-order valence-electron chi connectivity index (χ3n) is 3.04. The molecule has 19 heavy (non-hydrogen) atoms. The number of benzene rings is 2. The predicted molar refractivity (Wildman–Crippen MR) is 80.0 cm³/mol. The van der Waals surface area contributed by atoms with Crippen LogP contribution < -0.4 is 5.73 Å². The Kier molecular flexibility index (Phi) is 4.61. The van der Waals surface area contributed by atoms with Crippen molar-refractivity contribution in [2.75, 3.05) is 5.75 Å². The number of halogens is 1. The van der Waals surface area contributed by atoms with Gasteiger partial charge in [0.2, 0.25) is 0 Å². The first-order valence-corrected chi connectivity index (χ1v) is 7.34. The van der Waals surface area contributed by atoms with Crippen molar-refractivity contribution in [2.24, 2.45) is 5.73 Å². The monoisotopic (exact) mass is 275 g/mol. The molecule has 1 nitrogen and oxygen atoms in total. The molecule has 1 unspecified atom stereocenters. The molecule has 0 aliphatic heterocycles. The van der Waals surface area contributed by atoms with Gasteiger partial charge in [0.05, 0.1) is 6.04 Å². The van der Waals surface area contributed by atoms with Crippen molar-refractivity contribution >= 4 is 11.8 Å². The second-order valence-electron chi connectivity index (χ2n) is 4.50. The standard InChI is InChI=1S/C16H18FNS/c1-3-19-13-7-5-12(6-8-13)16(18)14-10-11(2)4-9-15(14)17/h4-10,16H,3,18H2,1-2H3. The lowest BCUT2D eigenvalue weighted by molar-refractivity contribution is 0.599. The average molecular weight is 275 g/mol. The van der Waals surface area contributed by atoms with Crippen LogP contribution in [0, 0.1) is 12.7 Å². The summed E-state index contributed by atoms with van der Waals surface area (Å²) in [7, 11) is 0. The maximum Gasteiger partial charge on any atom is 0.128 e. The molecular weight excluding hydrogens is 257 g/mol. The number of hydrogen-bond donors (Lipinski definition) is 1. The molecule has 0 spiro atoms. The van der Waals surface area contributed by atoms with Gasteiger partial charge in [0, 0.05) is 10.5 Å². The highest BCUT2D eigenvalue weighted by molar-refractivity contribution is 7.99. The summed E-state index contributed by atoms with van der Waals surface area (Å²) in [6, 6.07) is 12.7. The summed E-state index contributed by atoms with van der Waals surface area (Å²) in [5.74, 6) is 0.794. The fourth-order valence-corrected chi connectivity index (χ4v) is 2.68. The Bertz CT molecular complexity index is 551. The molecule has 2 rings (SSSR count). The Morgan fingerprint density at radius 1 is 1.16 bits per heavy atom. The van der Waals surface area contributed by atoms with Crippen molar-refractivity contribution in [3.8, 4) is 0 Å². The van der Waals surface area contributed by atoms with Crippen LogP contribution in [-0.2, 0) is 0 Å². The van der Waals surface area contributed by atoms with Crippen LogP contribution in [0.2, 0.25) is 0 Å². The first kappa shape index (κ1) is 14.1. The molecular formula is C16H18FNS. The highest BCUT2D eigenvalue weighted by Crippen LogP contribution is 2.25. The zero-order chi connectivity index (χ0) is 13.8. The molecule has 0 saturated carbocycles. The van der Waals surface area contributed by atoms with E-state index in [0.29, 0.717) is 5.56 Å². The maximum absolute atomic E-state index is 13.8. The average Bonchev–Trinajstić information content (AvgIpc) is 2.42. The van der Waals surface area contributed by atoms with E-state index in [9.17, 15) is 4.39 Å². The number of aryl methyl sites for hydroxylation is 1. The SMILES string of the molecule is CCSc1ccc(C(N)c2cc(C)ccc2F)cc1. The summed E-state index contributed by atoms with van der Waals surface area (Å²) < 4.78 is 13.8. The smallest absolute Gasteiger partial charge is 0.128 e. The van der Waals surface area contributed by atoms with Gasteiger partial charge in [-0.2, -0.15) is 0 Å². The quantitative estimate of drug-likeness (QED) is 0.842. The van der Waals surface area contributed by atoms with Gasteiger partial charge in [-0.25, -0.2) is 4.39 Å². The minimum Gasteiger partial charge on any atom is -0.320 e. The highest BCUT2D eigenvalue weighted by Gasteiger charge is 2.13. The van der Waals surface area contributed by atoms with Crippen molar-refractivity contribution < 1.29 is 4.39 Å². The van der Waals surface area contributed by atoms with Crippen molar-refractivity contribution in [1.29, 1.82) is 0 Å². The molecule has 2 N–H and O–H groups in total. The lowest BCUT2D eigenvalue weighted by Crippen LogP contribution is -2.13. The Hall–Kier alpha value is -1.32. The van der Waals surface area contributed by atoms with E-state index >= 15 is 0 Å². The zero-order valence-electron chi connectivity index (χ0n) is 11.2. The van der Waals surface area contributed by atoms with Gasteiger partial charge in [-0.3, -0.25) is 0 Å². The Labute approximate surface area is 118 Å². The van der Waals surface area contributed by atoms with Crippen LogP contribution in [0.25, 0.3) is 0 Å². The van der Waals surface area contributed by atoms with Crippen LogP contribution in [-0.4, -0.2) is 5.75 Å². The summed E-state index contributed by atoms with van der Waals surface area (Å²) in [5.41, 5.74) is 8.67. The molecule has 0 aliphatic carbocycles. The van der Waals surface area contributed by atoms with Crippen LogP contribution in [0.3, 0.4) is 0 Å². The number of rotatable bonds is 4. The molecule has 0 bridgehead atoms. The first-order chi connectivity index (χ1) is 9.11. The topological polar surface area (TPSA) is 26.0 Å². The first-order valence-electron chi connectivity index (χ1n) is 6.36. The number of hydrogen-bond acceptors (Lipinski definition) is 2. The second kappa shape index (κ2) is 6.22. The minimum absolute atomic E-state index is 0.245. The van der Waals surface area contributed by atoms with Crippen molar-refractivity contribution in [2.45, 2.75) is 24.8 Å². The van der Waals surface area contributed by atoms with E-state index in [0.717, 1.165) is 16.9 Å². The molecule has 0 heterocycles. The van der Waals surface area contributed by atoms with Gasteiger partial charge >= 0.3 is 0 Å². The maximum atomic E-state index is 13.8. The molecule has 2 aromatic rings. The van der Waals surface area contributed by atoms with Crippen LogP contribution in [0.4, 0.5) is 4.39 Å². The van der Waals surface area contributed by atoms with E-state index in [1.807, 2.05) is 37.3 Å². The van der Waals surface area contributed by atoms with Crippen molar-refractivity contribution in [1.82, 2.24) is 0 Å². The second-order valence-corrected chi connectivity index (χ2v) is 5.84. The lowest BCUT2D eigenvalue weighted by Gasteiger charge is -2.14. The number of thioether (sulfide) groups is 1. The molecule has 0 radical (unpaired) electrons. The molecule has 0 aromatic heterocycles. The summed E-state index contributed by atoms with van der Waals surface area (Å²) in [5, 5.41) is 0. The molecule has 3 heteroatoms. The minimum atomic E-state index is -0.416. The van der Waals surface area contributed by atoms with Gasteiger partial charge in [0.25, 0.3) is 0 Å². The third-order valence-corrected chi connectivity index (χ3v) is 3.93. The fraction of sp³-hybridized carbons (Fsp3) is 0.250. The van der Waals surface area contributed by atoms with E-state index in [-0.39, 0.29) is 5.82 Å². The summed E-state index contributed by atoms with van der Waals surface area (Å²) in [6.45, 7) is 4.06. The van der Waals surface area contributed by atoms with Crippen LogP contribution in [0.15, 0.2) is 47.4 Å². The van der Waals surface area contributed by atoms with E-state index in [1.54, 1.807) is 17.8 Å². The molecule has 0 aliphatic rings. The van der Waals surface area contributed by atoms with Gasteiger partial charge in [0.15, 0.2) is 0 Å². The highest BCUT2D eigenvalue weighted by atomic mass is 32.2. The van der Waals surface area contributed by atoms with Crippen molar-refractivity contribution in [3.63, 3.8) is 0 Å². The predicted octanol–water partition coefficient (Wildman–Crippen LogP) is 4.29. The Morgan fingerprint density at radius 3 is 2.47 bits per heavy atom. The summed E-state index contributed by atoms with van der Waals surface area (Å²) in [4.78, 5) is 1.21. The normalized spacial score (nSPS) is 12.4. The van der Waals surface area contributed by atoms with E-state index < -0.39 is 6.04 Å². The van der Waals surface area contributed by atoms with Crippen LogP contribution in [0.1, 0.15) is 29.7 Å². The van der Waals surface area contributed by atoms with E-state index in [4.69, 9.17) is 5.73 Å². The van der Waals surface area contributed by atoms with Crippen LogP contribution >= 0.6 is 11.8 Å². The Balaban J connectivity index is 2.27. The molecule has 0 saturated heterocycles. The van der Waals surface area contributed by atoms with Gasteiger partial charge < -0.3 is 5.73 Å². The van der Waals surface area contributed by atoms with Gasteiger partial charge in [-0.1, -0.05) is 36.8 Å². The molecule has 0 fully saturated rings. The molecule has 100 valence electrons. The van der Waals surface area contributed by atoms with Gasteiger partial charge in [-0.05, 0) is 36.4 Å². The molecule has 0 amide bonds. The largest absolute Gasteiger partial charge is 0.320 e. The summed E-state index contributed by atoms with van der Waals surface area (Å²) >= 11 is 1.78. The zero-order valence-corrected chi connectivity index (χ0v) is 12.0. The third kappa shape index (κ3) is 3.37. The van der Waals surface area contributed by atoms with E-state index in [1.165, 1.54) is 11.0 Å². The van der Waals surface area contributed by atoms with E-state index in [2.05, 4.69) is 6.92 Å². The van der Waals surface area contributed by atoms with Crippen molar-refractivity contribution in [3.05, 3.63) is 65.0 Å². The number of nitrogens with two attached hydrogens (primary N) is 1. The lowest BCUT2D eigenvalue weighted by atomic mass is 9.98. The van der Waals surface area contributed by atoms with Gasteiger partial charge in [0.1, 0.15) is 5.82 Å². The van der Waals surface area contributed by atoms with Crippen LogP contribution in [0.5, 0.6) is 0 Å².